The van der Waals surface area contributed by atoms with Gasteiger partial charge in [-0.05, 0) is 33.5 Å². The van der Waals surface area contributed by atoms with Crippen molar-refractivity contribution in [3.63, 3.8) is 0 Å². The molecule has 1 aromatic heterocycles. The van der Waals surface area contributed by atoms with Crippen LogP contribution in [0, 0.1) is 0 Å². The van der Waals surface area contributed by atoms with Gasteiger partial charge in [0.1, 0.15) is 22.6 Å². The van der Waals surface area contributed by atoms with Crippen LogP contribution in [-0.2, 0) is 17.5 Å². The van der Waals surface area contributed by atoms with Gasteiger partial charge in [0.15, 0.2) is 0 Å². The van der Waals surface area contributed by atoms with E-state index in [0.29, 0.717) is 30.4 Å². The molecule has 0 aliphatic heterocycles. The van der Waals surface area contributed by atoms with Crippen molar-refractivity contribution in [3.8, 4) is 17.1 Å². The van der Waals surface area contributed by atoms with Crippen LogP contribution in [0.15, 0.2) is 34.8 Å². The molecule has 0 saturated heterocycles. The Bertz CT molecular complexity index is 1010. The number of hydrogen-bond acceptors (Lipinski definition) is 3. The molecule has 3 rings (SSSR count). The Morgan fingerprint density at radius 2 is 1.79 bits per heavy atom. The highest BCUT2D eigenvalue weighted by atomic mass is 79.9. The van der Waals surface area contributed by atoms with Crippen molar-refractivity contribution in [1.82, 2.24) is 9.55 Å². The molecule has 0 spiro atoms. The average Bonchev–Trinajstić information content (AvgIpc) is 3.06. The minimum absolute atomic E-state index is 0.1000. The van der Waals surface area contributed by atoms with E-state index in [1.54, 1.807) is 7.11 Å². The number of halogens is 4. The maximum absolute atomic E-state index is 13.5. The SMILES string of the molecule is COCCn1c(-c2ccc(C(C)C)cc2)nc2c(Br)c(C(F)(F)F)cc(OC)c21. The number of fused-ring (bicyclic) bond motifs is 1. The van der Waals surface area contributed by atoms with Gasteiger partial charge in [0, 0.05) is 19.2 Å². The third-order valence-electron chi connectivity index (χ3n) is 4.80. The van der Waals surface area contributed by atoms with Gasteiger partial charge in [0.25, 0.3) is 0 Å². The van der Waals surface area contributed by atoms with Crippen LogP contribution in [0.4, 0.5) is 13.2 Å². The maximum Gasteiger partial charge on any atom is 0.417 e. The quantitative estimate of drug-likeness (QED) is 0.426. The lowest BCUT2D eigenvalue weighted by molar-refractivity contribution is -0.138. The van der Waals surface area contributed by atoms with E-state index in [4.69, 9.17) is 9.47 Å². The zero-order valence-corrected chi connectivity index (χ0v) is 18.2. The molecule has 0 atom stereocenters. The average molecular weight is 471 g/mol. The molecule has 4 nitrogen and oxygen atoms in total. The second-order valence-corrected chi connectivity index (χ2v) is 7.78. The van der Waals surface area contributed by atoms with Crippen LogP contribution in [-0.4, -0.2) is 30.4 Å². The summed E-state index contributed by atoms with van der Waals surface area (Å²) in [5.41, 5.74) is 1.86. The summed E-state index contributed by atoms with van der Waals surface area (Å²) in [5, 5.41) is 0. The van der Waals surface area contributed by atoms with Crippen molar-refractivity contribution in [2.24, 2.45) is 0 Å². The molecule has 3 aromatic rings. The topological polar surface area (TPSA) is 36.3 Å². The van der Waals surface area contributed by atoms with Gasteiger partial charge in [0.05, 0.1) is 23.8 Å². The van der Waals surface area contributed by atoms with Crippen LogP contribution < -0.4 is 4.74 Å². The van der Waals surface area contributed by atoms with Crippen LogP contribution in [0.5, 0.6) is 5.75 Å². The lowest BCUT2D eigenvalue weighted by Crippen LogP contribution is -2.09. The van der Waals surface area contributed by atoms with E-state index in [9.17, 15) is 13.2 Å². The Hall–Kier alpha value is -2.06. The number of nitrogens with zero attached hydrogens (tertiary/aromatic N) is 2. The van der Waals surface area contributed by atoms with Gasteiger partial charge in [-0.15, -0.1) is 0 Å². The smallest absolute Gasteiger partial charge is 0.417 e. The number of methoxy groups -OCH3 is 2. The largest absolute Gasteiger partial charge is 0.494 e. The van der Waals surface area contributed by atoms with Gasteiger partial charge < -0.3 is 14.0 Å². The van der Waals surface area contributed by atoms with E-state index >= 15 is 0 Å². The predicted molar refractivity (Wildman–Crippen MR) is 110 cm³/mol. The highest BCUT2D eigenvalue weighted by Crippen LogP contribution is 2.43. The van der Waals surface area contributed by atoms with Crippen molar-refractivity contribution in [2.75, 3.05) is 20.8 Å². The molecular weight excluding hydrogens is 449 g/mol. The molecule has 0 unspecified atom stereocenters. The summed E-state index contributed by atoms with van der Waals surface area (Å²) in [6, 6.07) is 8.89. The summed E-state index contributed by atoms with van der Waals surface area (Å²) >= 11 is 3.12. The second kappa shape index (κ2) is 8.36. The number of aromatic nitrogens is 2. The van der Waals surface area contributed by atoms with Gasteiger partial charge in [-0.3, -0.25) is 0 Å². The Balaban J connectivity index is 2.30. The molecular formula is C21H22BrF3N2O2. The van der Waals surface area contributed by atoms with E-state index in [1.165, 1.54) is 12.7 Å². The molecule has 0 saturated carbocycles. The zero-order chi connectivity index (χ0) is 21.3. The fourth-order valence-corrected chi connectivity index (χ4v) is 3.86. The number of benzene rings is 2. The highest BCUT2D eigenvalue weighted by molar-refractivity contribution is 9.10. The first-order chi connectivity index (χ1) is 13.7. The van der Waals surface area contributed by atoms with Crippen molar-refractivity contribution >= 4 is 27.0 Å². The molecule has 1 heterocycles. The predicted octanol–water partition coefficient (Wildman–Crippen LogP) is 6.26. The van der Waals surface area contributed by atoms with Gasteiger partial charge in [-0.25, -0.2) is 4.98 Å². The molecule has 0 aliphatic carbocycles. The molecule has 8 heteroatoms. The van der Waals surface area contributed by atoms with Crippen LogP contribution in [0.25, 0.3) is 22.4 Å². The van der Waals surface area contributed by atoms with Gasteiger partial charge >= 0.3 is 6.18 Å². The Labute approximate surface area is 175 Å². The fourth-order valence-electron chi connectivity index (χ4n) is 3.25. The first kappa shape index (κ1) is 21.6. The molecule has 0 amide bonds. The summed E-state index contributed by atoms with van der Waals surface area (Å²) in [6.07, 6.45) is -4.53. The molecule has 156 valence electrons. The minimum Gasteiger partial charge on any atom is -0.494 e. The lowest BCUT2D eigenvalue weighted by atomic mass is 10.0. The lowest BCUT2D eigenvalue weighted by Gasteiger charge is -2.14. The van der Waals surface area contributed by atoms with E-state index in [2.05, 4.69) is 34.8 Å². The number of alkyl halides is 3. The summed E-state index contributed by atoms with van der Waals surface area (Å²) in [6.45, 7) is 5.00. The van der Waals surface area contributed by atoms with E-state index < -0.39 is 11.7 Å². The van der Waals surface area contributed by atoms with Gasteiger partial charge in [0.2, 0.25) is 0 Å². The monoisotopic (exact) mass is 470 g/mol. The molecule has 0 bridgehead atoms. The van der Waals surface area contributed by atoms with E-state index in [1.807, 2.05) is 28.8 Å². The summed E-state index contributed by atoms with van der Waals surface area (Å²) in [4.78, 5) is 4.57. The molecule has 2 aromatic carbocycles. The number of ether oxygens (including phenoxy) is 2. The highest BCUT2D eigenvalue weighted by Gasteiger charge is 2.36. The van der Waals surface area contributed by atoms with Crippen LogP contribution in [0.3, 0.4) is 0 Å². The maximum atomic E-state index is 13.5. The van der Waals surface area contributed by atoms with Crippen molar-refractivity contribution in [1.29, 1.82) is 0 Å². The minimum atomic E-state index is -4.53. The molecule has 0 aliphatic rings. The molecule has 0 N–H and O–H groups in total. The third-order valence-corrected chi connectivity index (χ3v) is 5.60. The summed E-state index contributed by atoms with van der Waals surface area (Å²) < 4.78 is 52.8. The van der Waals surface area contributed by atoms with Crippen LogP contribution in [0.2, 0.25) is 0 Å². The normalized spacial score (nSPS) is 12.2. The Kier molecular flexibility index (Phi) is 6.24. The van der Waals surface area contributed by atoms with Crippen molar-refractivity contribution in [3.05, 3.63) is 45.9 Å². The molecule has 0 radical (unpaired) electrons. The van der Waals surface area contributed by atoms with Crippen LogP contribution >= 0.6 is 15.9 Å². The number of rotatable bonds is 6. The molecule has 0 fully saturated rings. The summed E-state index contributed by atoms with van der Waals surface area (Å²) in [5.74, 6) is 1.05. The zero-order valence-electron chi connectivity index (χ0n) is 16.6. The first-order valence-electron chi connectivity index (χ1n) is 9.12. The van der Waals surface area contributed by atoms with Crippen LogP contribution in [0.1, 0.15) is 30.9 Å². The number of hydrogen-bond donors (Lipinski definition) is 0. The van der Waals surface area contributed by atoms with Gasteiger partial charge in [-0.2, -0.15) is 13.2 Å². The van der Waals surface area contributed by atoms with Crippen molar-refractivity contribution < 1.29 is 22.6 Å². The molecule has 29 heavy (non-hydrogen) atoms. The van der Waals surface area contributed by atoms with E-state index in [0.717, 1.165) is 11.6 Å². The second-order valence-electron chi connectivity index (χ2n) is 6.99. The standard InChI is InChI=1S/C21H22BrF3N2O2/c1-12(2)13-5-7-14(8-6-13)20-26-18-17(22)15(21(23,24)25)11-16(29-4)19(18)27(20)9-10-28-3/h5-8,11-12H,9-10H2,1-4H3. The Morgan fingerprint density at radius 1 is 1.14 bits per heavy atom. The van der Waals surface area contributed by atoms with Gasteiger partial charge in [-0.1, -0.05) is 38.1 Å². The summed E-state index contributed by atoms with van der Waals surface area (Å²) in [7, 11) is 2.93. The van der Waals surface area contributed by atoms with E-state index in [-0.39, 0.29) is 15.7 Å². The fraction of sp³-hybridized carbons (Fsp3) is 0.381. The Morgan fingerprint density at radius 3 is 2.31 bits per heavy atom. The first-order valence-corrected chi connectivity index (χ1v) is 9.91. The third kappa shape index (κ3) is 4.14. The number of imidazole rings is 1. The van der Waals surface area contributed by atoms with Crippen molar-refractivity contribution in [2.45, 2.75) is 32.5 Å².